The highest BCUT2D eigenvalue weighted by molar-refractivity contribution is 6.32. The van der Waals surface area contributed by atoms with Gasteiger partial charge in [-0.2, -0.15) is 0 Å². The van der Waals surface area contributed by atoms with Crippen LogP contribution >= 0.6 is 11.6 Å². The molecule has 1 amide bonds. The minimum Gasteiger partial charge on any atom is -0.506 e. The molecule has 0 radical (unpaired) electrons. The first kappa shape index (κ1) is 13.7. The van der Waals surface area contributed by atoms with E-state index in [2.05, 4.69) is 10.2 Å². The predicted octanol–water partition coefficient (Wildman–Crippen LogP) is 2.40. The van der Waals surface area contributed by atoms with Crippen LogP contribution in [0.2, 0.25) is 5.02 Å². The summed E-state index contributed by atoms with van der Waals surface area (Å²) in [5.41, 5.74) is 0.498. The first-order valence-electron chi connectivity index (χ1n) is 7.17. The summed E-state index contributed by atoms with van der Waals surface area (Å²) in [4.78, 5) is 14.7. The van der Waals surface area contributed by atoms with Crippen molar-refractivity contribution in [2.45, 2.75) is 37.8 Å². The molecule has 108 valence electrons. The van der Waals surface area contributed by atoms with Crippen molar-refractivity contribution in [1.82, 2.24) is 10.2 Å². The molecule has 1 aromatic carbocycles. The number of rotatable bonds is 3. The number of phenolic OH excluding ortho intramolecular Hbond substituents is 1. The molecular formula is C15H19ClN2O2. The van der Waals surface area contributed by atoms with E-state index in [4.69, 9.17) is 11.6 Å². The second kappa shape index (κ2) is 5.62. The molecule has 5 heteroatoms. The molecule has 0 atom stereocenters. The quantitative estimate of drug-likeness (QED) is 0.900. The number of piperidine rings is 1. The van der Waals surface area contributed by atoms with Crippen LogP contribution in [-0.2, 0) is 0 Å². The summed E-state index contributed by atoms with van der Waals surface area (Å²) in [6.07, 6.45) is 4.69. The van der Waals surface area contributed by atoms with Crippen LogP contribution in [0.15, 0.2) is 18.2 Å². The van der Waals surface area contributed by atoms with Crippen molar-refractivity contribution in [1.29, 1.82) is 0 Å². The number of aromatic hydroxyl groups is 1. The van der Waals surface area contributed by atoms with Crippen LogP contribution in [0.5, 0.6) is 5.75 Å². The van der Waals surface area contributed by atoms with E-state index in [0.29, 0.717) is 5.56 Å². The number of hydrogen-bond acceptors (Lipinski definition) is 3. The molecule has 1 saturated carbocycles. The van der Waals surface area contributed by atoms with Gasteiger partial charge >= 0.3 is 0 Å². The summed E-state index contributed by atoms with van der Waals surface area (Å²) >= 11 is 5.82. The van der Waals surface area contributed by atoms with Gasteiger partial charge in [0.2, 0.25) is 0 Å². The third-order valence-electron chi connectivity index (χ3n) is 4.14. The molecule has 1 saturated heterocycles. The van der Waals surface area contributed by atoms with Gasteiger partial charge in [-0.3, -0.25) is 4.79 Å². The van der Waals surface area contributed by atoms with E-state index in [1.165, 1.54) is 25.0 Å². The van der Waals surface area contributed by atoms with Gasteiger partial charge in [-0.25, -0.2) is 0 Å². The number of benzene rings is 1. The first-order chi connectivity index (χ1) is 9.63. The number of nitrogens with one attached hydrogen (secondary N) is 1. The topological polar surface area (TPSA) is 52.6 Å². The molecule has 2 aliphatic rings. The molecule has 2 N–H and O–H groups in total. The van der Waals surface area contributed by atoms with E-state index >= 15 is 0 Å². The summed E-state index contributed by atoms with van der Waals surface area (Å²) in [6.45, 7) is 2.15. The maximum absolute atomic E-state index is 12.1. The number of carbonyl (C=O) groups is 1. The standard InChI is InChI=1S/C15H19ClN2O2/c16-13-9-10(1-4-14(13)19)15(20)17-11-5-7-18(8-6-11)12-2-3-12/h1,4,9,11-12,19H,2-3,5-8H2,(H,17,20). The second-order valence-corrected chi connectivity index (χ2v) is 6.09. The number of likely N-dealkylation sites (tertiary alicyclic amines) is 1. The Kier molecular flexibility index (Phi) is 3.85. The zero-order chi connectivity index (χ0) is 14.1. The fourth-order valence-corrected chi connectivity index (χ4v) is 2.95. The number of hydrogen-bond donors (Lipinski definition) is 2. The zero-order valence-corrected chi connectivity index (χ0v) is 12.1. The van der Waals surface area contributed by atoms with Gasteiger partial charge in [0.05, 0.1) is 5.02 Å². The van der Waals surface area contributed by atoms with E-state index in [1.54, 1.807) is 6.07 Å². The molecule has 1 aliphatic heterocycles. The fourth-order valence-electron chi connectivity index (χ4n) is 2.77. The summed E-state index contributed by atoms with van der Waals surface area (Å²) in [5, 5.41) is 12.6. The number of carbonyl (C=O) groups excluding carboxylic acids is 1. The second-order valence-electron chi connectivity index (χ2n) is 5.68. The van der Waals surface area contributed by atoms with Crippen molar-refractivity contribution >= 4 is 17.5 Å². The maximum Gasteiger partial charge on any atom is 0.251 e. The van der Waals surface area contributed by atoms with E-state index in [9.17, 15) is 9.90 Å². The van der Waals surface area contributed by atoms with Gasteiger partial charge in [-0.05, 0) is 43.9 Å². The van der Waals surface area contributed by atoms with Crippen LogP contribution in [0.25, 0.3) is 0 Å². The van der Waals surface area contributed by atoms with Crippen LogP contribution < -0.4 is 5.32 Å². The van der Waals surface area contributed by atoms with Crippen molar-refractivity contribution in [3.63, 3.8) is 0 Å². The zero-order valence-electron chi connectivity index (χ0n) is 11.3. The average molecular weight is 295 g/mol. The molecular weight excluding hydrogens is 276 g/mol. The van der Waals surface area contributed by atoms with Gasteiger partial charge in [0.25, 0.3) is 5.91 Å². The fraction of sp³-hybridized carbons (Fsp3) is 0.533. The van der Waals surface area contributed by atoms with Gasteiger partial charge in [-0.1, -0.05) is 11.6 Å². The van der Waals surface area contributed by atoms with Crippen molar-refractivity contribution in [2.75, 3.05) is 13.1 Å². The number of amides is 1. The number of halogens is 1. The van der Waals surface area contributed by atoms with Gasteiger partial charge in [0.15, 0.2) is 0 Å². The van der Waals surface area contributed by atoms with Gasteiger partial charge in [-0.15, -0.1) is 0 Å². The van der Waals surface area contributed by atoms with Gasteiger partial charge in [0, 0.05) is 30.7 Å². The Hall–Kier alpha value is -1.26. The lowest BCUT2D eigenvalue weighted by molar-refractivity contribution is 0.0909. The first-order valence-corrected chi connectivity index (χ1v) is 7.55. The average Bonchev–Trinajstić information content (AvgIpc) is 3.27. The van der Waals surface area contributed by atoms with Gasteiger partial charge < -0.3 is 15.3 Å². The highest BCUT2D eigenvalue weighted by Crippen LogP contribution is 2.29. The molecule has 0 spiro atoms. The molecule has 20 heavy (non-hydrogen) atoms. The Balaban J connectivity index is 1.54. The summed E-state index contributed by atoms with van der Waals surface area (Å²) in [7, 11) is 0. The molecule has 0 aromatic heterocycles. The monoisotopic (exact) mass is 294 g/mol. The molecule has 0 unspecified atom stereocenters. The van der Waals surface area contributed by atoms with Crippen molar-refractivity contribution in [3.8, 4) is 5.75 Å². The largest absolute Gasteiger partial charge is 0.506 e. The smallest absolute Gasteiger partial charge is 0.251 e. The predicted molar refractivity (Wildman–Crippen MR) is 78.2 cm³/mol. The Morgan fingerprint density at radius 2 is 1.95 bits per heavy atom. The molecule has 3 rings (SSSR count). The Morgan fingerprint density at radius 1 is 1.25 bits per heavy atom. The van der Waals surface area contributed by atoms with E-state index in [-0.39, 0.29) is 22.7 Å². The molecule has 1 aliphatic carbocycles. The normalized spacial score (nSPS) is 20.9. The van der Waals surface area contributed by atoms with Crippen LogP contribution in [0.4, 0.5) is 0 Å². The van der Waals surface area contributed by atoms with Gasteiger partial charge in [0.1, 0.15) is 5.75 Å². The van der Waals surface area contributed by atoms with Crippen LogP contribution in [0.1, 0.15) is 36.0 Å². The minimum atomic E-state index is -0.114. The number of phenols is 1. The molecule has 4 nitrogen and oxygen atoms in total. The lowest BCUT2D eigenvalue weighted by atomic mass is 10.0. The highest BCUT2D eigenvalue weighted by Gasteiger charge is 2.32. The molecule has 1 aromatic rings. The Labute approximate surface area is 123 Å². The minimum absolute atomic E-state index is 0.000887. The van der Waals surface area contributed by atoms with Crippen LogP contribution in [0, 0.1) is 0 Å². The van der Waals surface area contributed by atoms with Crippen molar-refractivity contribution in [3.05, 3.63) is 28.8 Å². The SMILES string of the molecule is O=C(NC1CCN(C2CC2)CC1)c1ccc(O)c(Cl)c1. The van der Waals surface area contributed by atoms with Crippen molar-refractivity contribution in [2.24, 2.45) is 0 Å². The van der Waals surface area contributed by atoms with Crippen LogP contribution in [-0.4, -0.2) is 41.1 Å². The number of nitrogens with zero attached hydrogens (tertiary/aromatic N) is 1. The lowest BCUT2D eigenvalue weighted by Gasteiger charge is -2.32. The lowest BCUT2D eigenvalue weighted by Crippen LogP contribution is -2.45. The van der Waals surface area contributed by atoms with E-state index < -0.39 is 0 Å². The molecule has 2 fully saturated rings. The maximum atomic E-state index is 12.1. The van der Waals surface area contributed by atoms with Crippen LogP contribution in [0.3, 0.4) is 0 Å². The Morgan fingerprint density at radius 3 is 2.55 bits per heavy atom. The highest BCUT2D eigenvalue weighted by atomic mass is 35.5. The van der Waals surface area contributed by atoms with Crippen molar-refractivity contribution < 1.29 is 9.90 Å². The third kappa shape index (κ3) is 3.07. The summed E-state index contributed by atoms with van der Waals surface area (Å²) < 4.78 is 0. The summed E-state index contributed by atoms with van der Waals surface area (Å²) in [6, 6.07) is 5.60. The van der Waals surface area contributed by atoms with E-state index in [1.807, 2.05) is 0 Å². The summed E-state index contributed by atoms with van der Waals surface area (Å²) in [5.74, 6) is -0.113. The van der Waals surface area contributed by atoms with E-state index in [0.717, 1.165) is 32.0 Å². The Bertz CT molecular complexity index is 509. The molecule has 0 bridgehead atoms. The molecule has 1 heterocycles. The third-order valence-corrected chi connectivity index (χ3v) is 4.44.